The first-order chi connectivity index (χ1) is 9.29. The number of aromatic nitrogens is 2. The zero-order chi connectivity index (χ0) is 13.2. The van der Waals surface area contributed by atoms with Crippen LogP contribution in [0.1, 0.15) is 45.6 Å². The van der Waals surface area contributed by atoms with Gasteiger partial charge in [-0.3, -0.25) is 4.98 Å². The van der Waals surface area contributed by atoms with Gasteiger partial charge in [0.05, 0.1) is 11.7 Å². The second kappa shape index (κ2) is 5.39. The summed E-state index contributed by atoms with van der Waals surface area (Å²) in [4.78, 5) is 10.6. The zero-order valence-corrected chi connectivity index (χ0v) is 12.3. The molecule has 2 aromatic heterocycles. The van der Waals surface area contributed by atoms with E-state index in [2.05, 4.69) is 23.3 Å². The molecule has 0 aliphatic heterocycles. The molecule has 4 heteroatoms. The molecule has 3 nitrogen and oxygen atoms in total. The van der Waals surface area contributed by atoms with Gasteiger partial charge in [0, 0.05) is 17.3 Å². The molecule has 2 aromatic rings. The van der Waals surface area contributed by atoms with Crippen molar-refractivity contribution in [1.29, 1.82) is 0 Å². The van der Waals surface area contributed by atoms with Crippen LogP contribution in [0.4, 0.5) is 0 Å². The Balaban J connectivity index is 1.98. The van der Waals surface area contributed by atoms with E-state index in [1.54, 1.807) is 0 Å². The smallest absolute Gasteiger partial charge is 0.115 e. The summed E-state index contributed by atoms with van der Waals surface area (Å²) in [5, 5.41) is 4.58. The maximum Gasteiger partial charge on any atom is 0.115 e. The molecule has 0 spiro atoms. The molecule has 0 saturated carbocycles. The molecule has 0 saturated heterocycles. The van der Waals surface area contributed by atoms with Gasteiger partial charge in [0.2, 0.25) is 0 Å². The van der Waals surface area contributed by atoms with Gasteiger partial charge in [-0.1, -0.05) is 0 Å². The topological polar surface area (TPSA) is 37.8 Å². The van der Waals surface area contributed by atoms with Crippen molar-refractivity contribution in [1.82, 2.24) is 15.3 Å². The molecule has 2 heterocycles. The van der Waals surface area contributed by atoms with Crippen LogP contribution in [0.3, 0.4) is 0 Å². The summed E-state index contributed by atoms with van der Waals surface area (Å²) in [5.74, 6) is 0. The van der Waals surface area contributed by atoms with E-state index in [1.165, 1.54) is 46.0 Å². The van der Waals surface area contributed by atoms with Crippen LogP contribution in [0.2, 0.25) is 0 Å². The van der Waals surface area contributed by atoms with E-state index in [1.807, 2.05) is 30.8 Å². The van der Waals surface area contributed by atoms with Crippen LogP contribution in [-0.4, -0.2) is 17.0 Å². The number of rotatable bonds is 3. The summed E-state index contributed by atoms with van der Waals surface area (Å²) in [5.41, 5.74) is 3.83. The fourth-order valence-corrected chi connectivity index (χ4v) is 3.97. The molecule has 19 heavy (non-hydrogen) atoms. The lowest BCUT2D eigenvalue weighted by atomic mass is 10.0. The van der Waals surface area contributed by atoms with E-state index in [0.29, 0.717) is 0 Å². The van der Waals surface area contributed by atoms with Gasteiger partial charge >= 0.3 is 0 Å². The molecule has 100 valence electrons. The monoisotopic (exact) mass is 273 g/mol. The number of fused-ring (bicyclic) bond motifs is 1. The van der Waals surface area contributed by atoms with Crippen LogP contribution >= 0.6 is 11.3 Å². The molecule has 0 bridgehead atoms. The number of nitrogens with zero attached hydrogens (tertiary/aromatic N) is 2. The molecular weight excluding hydrogens is 254 g/mol. The molecule has 0 aromatic carbocycles. The highest BCUT2D eigenvalue weighted by Gasteiger charge is 2.22. The van der Waals surface area contributed by atoms with Gasteiger partial charge in [0.1, 0.15) is 5.01 Å². The minimum atomic E-state index is 0.171. The Morgan fingerprint density at radius 1 is 1.32 bits per heavy atom. The normalized spacial score (nSPS) is 16.1. The lowest BCUT2D eigenvalue weighted by Gasteiger charge is -2.15. The first-order valence-corrected chi connectivity index (χ1v) is 7.67. The average Bonchev–Trinajstić information content (AvgIpc) is 2.85. The zero-order valence-electron chi connectivity index (χ0n) is 11.4. The average molecular weight is 273 g/mol. The molecular formula is C15H19N3S. The van der Waals surface area contributed by atoms with Gasteiger partial charge in [0.25, 0.3) is 0 Å². The van der Waals surface area contributed by atoms with E-state index in [0.717, 1.165) is 6.42 Å². The number of pyridine rings is 1. The van der Waals surface area contributed by atoms with Gasteiger partial charge < -0.3 is 5.32 Å². The maximum absolute atomic E-state index is 4.87. The molecule has 1 aliphatic rings. The second-order valence-electron chi connectivity index (χ2n) is 5.08. The van der Waals surface area contributed by atoms with Gasteiger partial charge in [-0.25, -0.2) is 4.98 Å². The Morgan fingerprint density at radius 3 is 2.89 bits per heavy atom. The minimum absolute atomic E-state index is 0.171. The lowest BCUT2D eigenvalue weighted by Crippen LogP contribution is -2.18. The highest BCUT2D eigenvalue weighted by Crippen LogP contribution is 2.32. The van der Waals surface area contributed by atoms with E-state index < -0.39 is 0 Å². The van der Waals surface area contributed by atoms with Gasteiger partial charge in [-0.2, -0.15) is 0 Å². The molecule has 1 atom stereocenters. The van der Waals surface area contributed by atoms with Gasteiger partial charge in [-0.15, -0.1) is 11.3 Å². The highest BCUT2D eigenvalue weighted by molar-refractivity contribution is 7.11. The Labute approximate surface area is 118 Å². The minimum Gasteiger partial charge on any atom is -0.307 e. The van der Waals surface area contributed by atoms with E-state index in [4.69, 9.17) is 4.98 Å². The third-order valence-electron chi connectivity index (χ3n) is 3.79. The summed E-state index contributed by atoms with van der Waals surface area (Å²) in [6.45, 7) is 2.13. The Kier molecular flexibility index (Phi) is 3.62. The number of aryl methyl sites for hydroxylation is 3. The number of hydrogen-bond donors (Lipinski definition) is 1. The number of hydrogen-bond acceptors (Lipinski definition) is 4. The Morgan fingerprint density at radius 2 is 2.16 bits per heavy atom. The van der Waals surface area contributed by atoms with Crippen LogP contribution < -0.4 is 5.32 Å². The van der Waals surface area contributed by atoms with Crippen molar-refractivity contribution in [2.24, 2.45) is 0 Å². The summed E-state index contributed by atoms with van der Waals surface area (Å²) < 4.78 is 0. The van der Waals surface area contributed by atoms with E-state index >= 15 is 0 Å². The van der Waals surface area contributed by atoms with E-state index in [9.17, 15) is 0 Å². The predicted molar refractivity (Wildman–Crippen MR) is 78.6 cm³/mol. The number of nitrogens with one attached hydrogen (secondary N) is 1. The van der Waals surface area contributed by atoms with Crippen molar-refractivity contribution in [2.45, 2.75) is 38.6 Å². The standard InChI is InChI=1S/C15H19N3S/c1-10-7-8-17-9-11(10)14(16-2)15-18-12-5-3-4-6-13(12)19-15/h7-9,14,16H,3-6H2,1-2H3. The third-order valence-corrected chi connectivity index (χ3v) is 5.01. The molecule has 3 rings (SSSR count). The van der Waals surface area contributed by atoms with Crippen LogP contribution in [0.5, 0.6) is 0 Å². The largest absolute Gasteiger partial charge is 0.307 e. The quantitative estimate of drug-likeness (QED) is 0.934. The third kappa shape index (κ3) is 2.42. The Bertz CT molecular complexity index is 553. The predicted octanol–water partition coefficient (Wildman–Crippen LogP) is 3.03. The Hall–Kier alpha value is -1.26. The van der Waals surface area contributed by atoms with Crippen molar-refractivity contribution in [3.05, 3.63) is 45.2 Å². The van der Waals surface area contributed by atoms with Crippen molar-refractivity contribution < 1.29 is 0 Å². The molecule has 1 N–H and O–H groups in total. The van der Waals surface area contributed by atoms with Crippen molar-refractivity contribution in [2.75, 3.05) is 7.05 Å². The van der Waals surface area contributed by atoms with Gasteiger partial charge in [-0.05, 0) is 56.8 Å². The first-order valence-electron chi connectivity index (χ1n) is 6.86. The van der Waals surface area contributed by atoms with Gasteiger partial charge in [0.15, 0.2) is 0 Å². The summed E-state index contributed by atoms with van der Waals surface area (Å²) in [6.07, 6.45) is 8.75. The van der Waals surface area contributed by atoms with Crippen LogP contribution in [0, 0.1) is 6.92 Å². The maximum atomic E-state index is 4.87. The summed E-state index contributed by atoms with van der Waals surface area (Å²) in [7, 11) is 2.00. The van der Waals surface area contributed by atoms with Crippen LogP contribution in [-0.2, 0) is 12.8 Å². The van der Waals surface area contributed by atoms with E-state index in [-0.39, 0.29) is 6.04 Å². The first kappa shape index (κ1) is 12.8. The number of thiazole rings is 1. The molecule has 0 fully saturated rings. The highest BCUT2D eigenvalue weighted by atomic mass is 32.1. The molecule has 0 radical (unpaired) electrons. The summed E-state index contributed by atoms with van der Waals surface area (Å²) >= 11 is 1.87. The SMILES string of the molecule is CNC(c1nc2c(s1)CCCC2)c1cnccc1C. The fraction of sp³-hybridized carbons (Fsp3) is 0.467. The fourth-order valence-electron chi connectivity index (χ4n) is 2.69. The second-order valence-corrected chi connectivity index (χ2v) is 6.20. The summed E-state index contributed by atoms with van der Waals surface area (Å²) in [6, 6.07) is 2.23. The molecule has 1 unspecified atom stereocenters. The lowest BCUT2D eigenvalue weighted by molar-refractivity contribution is 0.658. The van der Waals surface area contributed by atoms with Crippen LogP contribution in [0.25, 0.3) is 0 Å². The van der Waals surface area contributed by atoms with Crippen molar-refractivity contribution >= 4 is 11.3 Å². The van der Waals surface area contributed by atoms with Crippen molar-refractivity contribution in [3.63, 3.8) is 0 Å². The van der Waals surface area contributed by atoms with Crippen molar-refractivity contribution in [3.8, 4) is 0 Å². The molecule has 0 amide bonds. The van der Waals surface area contributed by atoms with Crippen LogP contribution in [0.15, 0.2) is 18.5 Å². The molecule has 1 aliphatic carbocycles.